The molecule has 0 aliphatic carbocycles. The lowest BCUT2D eigenvalue weighted by Gasteiger charge is -2.38. The monoisotopic (exact) mass is 563 g/mol. The number of likely N-dealkylation sites (N-methyl/N-ethyl adjacent to an activating group) is 1. The van der Waals surface area contributed by atoms with E-state index in [1.165, 1.54) is 17.3 Å². The van der Waals surface area contributed by atoms with E-state index in [9.17, 15) is 0 Å². The number of fused-ring (bicyclic) bond motifs is 3. The number of methoxy groups -OCH3 is 1. The molecule has 208 valence electrons. The minimum atomic E-state index is -0.647. The molecule has 2 aliphatic heterocycles. The first-order chi connectivity index (χ1) is 19.1. The molecule has 0 amide bonds. The molecule has 0 saturated heterocycles. The average Bonchev–Trinajstić information content (AvgIpc) is 2.92. The summed E-state index contributed by atoms with van der Waals surface area (Å²) in [5, 5.41) is 7.00. The minimum absolute atomic E-state index is 0.0234. The summed E-state index contributed by atoms with van der Waals surface area (Å²) in [6, 6.07) is 4.15. The van der Waals surface area contributed by atoms with Gasteiger partial charge in [0.25, 0.3) is 0 Å². The van der Waals surface area contributed by atoms with E-state index < -0.39 is 5.82 Å². The summed E-state index contributed by atoms with van der Waals surface area (Å²) in [6.45, 7) is 9.21. The van der Waals surface area contributed by atoms with Crippen LogP contribution in [0.25, 0.3) is 22.0 Å². The van der Waals surface area contributed by atoms with E-state index in [0.717, 1.165) is 24.3 Å². The maximum Gasteiger partial charge on any atom is 0.237 e. The van der Waals surface area contributed by atoms with Gasteiger partial charge in [-0.25, -0.2) is 19.3 Å². The van der Waals surface area contributed by atoms with Crippen LogP contribution < -0.4 is 25.8 Å². The second-order valence-electron chi connectivity index (χ2n) is 11.0. The fraction of sp³-hybridized carbons (Fsp3) is 0.345. The lowest BCUT2D eigenvalue weighted by molar-refractivity contribution is 0.235. The van der Waals surface area contributed by atoms with Crippen LogP contribution in [0.2, 0.25) is 5.02 Å². The zero-order valence-corrected chi connectivity index (χ0v) is 23.8. The second kappa shape index (κ2) is 9.64. The number of aromatic nitrogens is 3. The molecule has 40 heavy (non-hydrogen) atoms. The highest BCUT2D eigenvalue weighted by atomic mass is 35.5. The summed E-state index contributed by atoms with van der Waals surface area (Å²) in [7, 11) is 3.75. The van der Waals surface area contributed by atoms with Crippen molar-refractivity contribution in [2.24, 2.45) is 0 Å². The van der Waals surface area contributed by atoms with Gasteiger partial charge < -0.3 is 30.7 Å². The summed E-state index contributed by atoms with van der Waals surface area (Å²) in [5.74, 6) is 0.783. The lowest BCUT2D eigenvalue weighted by atomic mass is 9.78. The predicted octanol–water partition coefficient (Wildman–Crippen LogP) is 5.65. The molecule has 0 fully saturated rings. The molecular formula is C29H31ClFN7O2. The fourth-order valence-electron chi connectivity index (χ4n) is 5.86. The molecule has 0 spiro atoms. The van der Waals surface area contributed by atoms with Gasteiger partial charge >= 0.3 is 0 Å². The van der Waals surface area contributed by atoms with Gasteiger partial charge in [0.05, 0.1) is 29.0 Å². The molecule has 0 bridgehead atoms. The Morgan fingerprint density at radius 3 is 2.83 bits per heavy atom. The van der Waals surface area contributed by atoms with Gasteiger partial charge in [0.2, 0.25) is 11.8 Å². The molecule has 2 aromatic carbocycles. The van der Waals surface area contributed by atoms with Crippen molar-refractivity contribution in [1.29, 1.82) is 0 Å². The Balaban J connectivity index is 1.45. The van der Waals surface area contributed by atoms with Crippen LogP contribution in [-0.2, 0) is 12.0 Å². The molecule has 6 rings (SSSR count). The lowest BCUT2D eigenvalue weighted by Crippen LogP contribution is -2.39. The smallest absolute Gasteiger partial charge is 0.237 e. The summed E-state index contributed by atoms with van der Waals surface area (Å²) < 4.78 is 27.1. The van der Waals surface area contributed by atoms with E-state index in [-0.39, 0.29) is 27.6 Å². The third kappa shape index (κ3) is 4.22. The molecule has 4 N–H and O–H groups in total. The molecule has 4 aromatic rings. The average molecular weight is 564 g/mol. The number of nitrogens with one attached hydrogen (secondary N) is 2. The number of pyridine rings is 1. The van der Waals surface area contributed by atoms with Crippen LogP contribution in [-0.4, -0.2) is 53.7 Å². The SMILES string of the molecule is COc1cc2c(cc1Nc1ncc3c(N)c(F)c(-c4cnc5c(c4C)NCCO5)c(Cl)c3n1)CN(C)CC2(C)C. The fourth-order valence-corrected chi connectivity index (χ4v) is 6.19. The minimum Gasteiger partial charge on any atom is -0.495 e. The number of ether oxygens (including phenoxy) is 2. The van der Waals surface area contributed by atoms with E-state index in [2.05, 4.69) is 63.5 Å². The van der Waals surface area contributed by atoms with Crippen molar-refractivity contribution in [3.63, 3.8) is 0 Å². The number of halogens is 2. The first kappa shape index (κ1) is 26.3. The molecule has 0 atom stereocenters. The first-order valence-corrected chi connectivity index (χ1v) is 13.4. The highest BCUT2D eigenvalue weighted by Gasteiger charge is 2.32. The third-order valence-corrected chi connectivity index (χ3v) is 8.05. The molecule has 2 aromatic heterocycles. The van der Waals surface area contributed by atoms with Crippen LogP contribution in [0, 0.1) is 12.7 Å². The Labute approximate surface area is 236 Å². The molecule has 0 unspecified atom stereocenters. The largest absolute Gasteiger partial charge is 0.495 e. The number of anilines is 4. The Morgan fingerprint density at radius 2 is 2.05 bits per heavy atom. The molecule has 4 heterocycles. The van der Waals surface area contributed by atoms with E-state index in [1.807, 2.05) is 6.92 Å². The number of hydrogen-bond donors (Lipinski definition) is 3. The van der Waals surface area contributed by atoms with Crippen LogP contribution in [0.4, 0.5) is 27.4 Å². The number of hydrogen-bond acceptors (Lipinski definition) is 9. The summed E-state index contributed by atoms with van der Waals surface area (Å²) in [4.78, 5) is 15.8. The normalized spacial score (nSPS) is 16.1. The summed E-state index contributed by atoms with van der Waals surface area (Å²) in [5.41, 5.74) is 11.7. The summed E-state index contributed by atoms with van der Waals surface area (Å²) in [6.07, 6.45) is 3.03. The van der Waals surface area contributed by atoms with Gasteiger partial charge in [-0.05, 0) is 42.8 Å². The molecule has 9 nitrogen and oxygen atoms in total. The second-order valence-corrected chi connectivity index (χ2v) is 11.4. The van der Waals surface area contributed by atoms with Crippen molar-refractivity contribution in [3.05, 3.63) is 52.1 Å². The van der Waals surface area contributed by atoms with Crippen molar-refractivity contribution < 1.29 is 13.9 Å². The Kier molecular flexibility index (Phi) is 6.35. The number of nitrogens with two attached hydrogens (primary N) is 1. The molecule has 0 radical (unpaired) electrons. The molecule has 11 heteroatoms. The highest BCUT2D eigenvalue weighted by molar-refractivity contribution is 6.38. The Bertz CT molecular complexity index is 1680. The van der Waals surface area contributed by atoms with Crippen LogP contribution in [0.15, 0.2) is 24.5 Å². The van der Waals surface area contributed by atoms with E-state index in [1.54, 1.807) is 13.3 Å². The van der Waals surface area contributed by atoms with Gasteiger partial charge in [-0.2, -0.15) is 0 Å². The van der Waals surface area contributed by atoms with E-state index in [4.69, 9.17) is 26.8 Å². The summed E-state index contributed by atoms with van der Waals surface area (Å²) >= 11 is 6.86. The number of benzene rings is 2. The van der Waals surface area contributed by atoms with Crippen molar-refractivity contribution in [2.75, 3.05) is 50.2 Å². The zero-order chi connectivity index (χ0) is 28.3. The third-order valence-electron chi connectivity index (χ3n) is 7.68. The quantitative estimate of drug-likeness (QED) is 0.271. The standard InChI is InChI=1S/C29H31ClFN7O2/c1-14-16(10-34-27-25(14)33-6-7-40-27)21-22(30)26-17(24(32)23(21)31)11-35-28(37-26)36-19-8-15-12-38(4)13-29(2,3)18(15)9-20(19)39-5/h8-11,33H,6-7,12-13,32H2,1-5H3,(H,35,36,37). The van der Waals surface area contributed by atoms with Gasteiger partial charge in [-0.15, -0.1) is 0 Å². The Hall–Kier alpha value is -3.89. The molecular weight excluding hydrogens is 533 g/mol. The van der Waals surface area contributed by atoms with Crippen molar-refractivity contribution in [2.45, 2.75) is 32.7 Å². The van der Waals surface area contributed by atoms with Crippen molar-refractivity contribution in [1.82, 2.24) is 19.9 Å². The van der Waals surface area contributed by atoms with Crippen LogP contribution in [0.3, 0.4) is 0 Å². The van der Waals surface area contributed by atoms with E-state index >= 15 is 4.39 Å². The zero-order valence-electron chi connectivity index (χ0n) is 23.1. The van der Waals surface area contributed by atoms with Gasteiger partial charge in [-0.1, -0.05) is 25.4 Å². The highest BCUT2D eigenvalue weighted by Crippen LogP contribution is 2.44. The first-order valence-electron chi connectivity index (χ1n) is 13.1. The van der Waals surface area contributed by atoms with Gasteiger partial charge in [0, 0.05) is 54.0 Å². The van der Waals surface area contributed by atoms with Crippen LogP contribution in [0.5, 0.6) is 11.6 Å². The van der Waals surface area contributed by atoms with Gasteiger partial charge in [0.1, 0.15) is 18.0 Å². The van der Waals surface area contributed by atoms with E-state index in [0.29, 0.717) is 46.9 Å². The van der Waals surface area contributed by atoms with Crippen molar-refractivity contribution in [3.8, 4) is 22.8 Å². The van der Waals surface area contributed by atoms with Gasteiger partial charge in [0.15, 0.2) is 5.82 Å². The predicted molar refractivity (Wildman–Crippen MR) is 157 cm³/mol. The molecule has 2 aliphatic rings. The van der Waals surface area contributed by atoms with Crippen LogP contribution in [0.1, 0.15) is 30.5 Å². The number of nitrogens with zero attached hydrogens (tertiary/aromatic N) is 4. The molecule has 0 saturated carbocycles. The van der Waals surface area contributed by atoms with Gasteiger partial charge in [-0.3, -0.25) is 0 Å². The topological polar surface area (TPSA) is 110 Å². The number of nitrogen functional groups attached to an aromatic ring is 1. The maximum absolute atomic E-state index is 15.7. The number of rotatable bonds is 4. The van der Waals surface area contributed by atoms with Crippen LogP contribution >= 0.6 is 11.6 Å². The van der Waals surface area contributed by atoms with Crippen molar-refractivity contribution >= 4 is 45.5 Å². The maximum atomic E-state index is 15.7. The Morgan fingerprint density at radius 1 is 1.25 bits per heavy atom.